The molecule has 1 amide bonds. The number of ether oxygens (including phenoxy) is 3. The predicted octanol–water partition coefficient (Wildman–Crippen LogP) is 1.32. The lowest BCUT2D eigenvalue weighted by Crippen LogP contribution is -2.50. The van der Waals surface area contributed by atoms with Gasteiger partial charge >= 0.3 is 6.09 Å². The number of unbranched alkanes of at least 4 members (excludes halogenated alkanes) is 3. The van der Waals surface area contributed by atoms with E-state index >= 15 is 0 Å². The standard InChI is InChI=1S/C20H31NO7/c22-13-17-19(24)16(23)12-18(28-17)26-11-7-2-1-6-10-21-20(25)27-14-15-8-4-3-5-9-15/h3-5,8-9,16-19,22-24H,1-2,6-7,10-14H2,(H,21,25)/t16-,17+,18-,19+/m0/s1. The van der Waals surface area contributed by atoms with Crippen molar-refractivity contribution in [3.63, 3.8) is 0 Å². The smallest absolute Gasteiger partial charge is 0.407 e. The van der Waals surface area contributed by atoms with Gasteiger partial charge in [-0.25, -0.2) is 4.79 Å². The Hall–Kier alpha value is -1.71. The van der Waals surface area contributed by atoms with Crippen LogP contribution >= 0.6 is 0 Å². The maximum Gasteiger partial charge on any atom is 0.407 e. The lowest BCUT2D eigenvalue weighted by Gasteiger charge is -2.36. The zero-order valence-corrected chi connectivity index (χ0v) is 16.0. The quantitative estimate of drug-likeness (QED) is 0.416. The average Bonchev–Trinajstić information content (AvgIpc) is 2.71. The fraction of sp³-hybridized carbons (Fsp3) is 0.650. The number of carbonyl (C=O) groups is 1. The molecule has 0 aliphatic carbocycles. The van der Waals surface area contributed by atoms with Gasteiger partial charge < -0.3 is 34.8 Å². The Morgan fingerprint density at radius 2 is 1.89 bits per heavy atom. The highest BCUT2D eigenvalue weighted by molar-refractivity contribution is 5.67. The van der Waals surface area contributed by atoms with Gasteiger partial charge in [0.1, 0.15) is 18.8 Å². The van der Waals surface area contributed by atoms with Crippen LogP contribution in [0.4, 0.5) is 4.79 Å². The van der Waals surface area contributed by atoms with E-state index in [2.05, 4.69) is 5.32 Å². The van der Waals surface area contributed by atoms with Crippen LogP contribution in [-0.2, 0) is 20.8 Å². The molecule has 8 heteroatoms. The van der Waals surface area contributed by atoms with Gasteiger partial charge in [0.15, 0.2) is 6.29 Å². The van der Waals surface area contributed by atoms with Gasteiger partial charge in [-0.2, -0.15) is 0 Å². The number of hydrogen-bond donors (Lipinski definition) is 4. The van der Waals surface area contributed by atoms with Crippen LogP contribution in [0.5, 0.6) is 0 Å². The van der Waals surface area contributed by atoms with Crippen molar-refractivity contribution in [3.05, 3.63) is 35.9 Å². The highest BCUT2D eigenvalue weighted by atomic mass is 16.7. The molecular formula is C20H31NO7. The van der Waals surface area contributed by atoms with Gasteiger partial charge in [0, 0.05) is 19.6 Å². The second kappa shape index (κ2) is 12.7. The third-order valence-corrected chi connectivity index (χ3v) is 4.57. The van der Waals surface area contributed by atoms with E-state index in [0.717, 1.165) is 31.2 Å². The van der Waals surface area contributed by atoms with Crippen molar-refractivity contribution in [1.82, 2.24) is 5.32 Å². The van der Waals surface area contributed by atoms with Crippen LogP contribution in [0, 0.1) is 0 Å². The zero-order valence-electron chi connectivity index (χ0n) is 16.0. The fourth-order valence-corrected chi connectivity index (χ4v) is 2.93. The summed E-state index contributed by atoms with van der Waals surface area (Å²) in [7, 11) is 0. The summed E-state index contributed by atoms with van der Waals surface area (Å²) in [6.07, 6.45) is -0.166. The summed E-state index contributed by atoms with van der Waals surface area (Å²) in [6, 6.07) is 9.52. The van der Waals surface area contributed by atoms with Crippen LogP contribution in [0.1, 0.15) is 37.7 Å². The van der Waals surface area contributed by atoms with Gasteiger partial charge in [-0.3, -0.25) is 0 Å². The molecule has 1 heterocycles. The molecule has 1 aromatic carbocycles. The molecule has 0 bridgehead atoms. The Morgan fingerprint density at radius 3 is 2.64 bits per heavy atom. The Labute approximate surface area is 165 Å². The third-order valence-electron chi connectivity index (χ3n) is 4.57. The van der Waals surface area contributed by atoms with Gasteiger partial charge in [-0.1, -0.05) is 43.2 Å². The molecule has 158 valence electrons. The van der Waals surface area contributed by atoms with Crippen LogP contribution in [0.2, 0.25) is 0 Å². The van der Waals surface area contributed by atoms with E-state index in [-0.39, 0.29) is 19.6 Å². The van der Waals surface area contributed by atoms with Gasteiger partial charge in [0.25, 0.3) is 0 Å². The van der Waals surface area contributed by atoms with Crippen LogP contribution in [0.3, 0.4) is 0 Å². The molecule has 1 aliphatic rings. The molecule has 0 saturated carbocycles. The molecule has 1 aromatic rings. The number of alkyl carbamates (subject to hydrolysis) is 1. The first-order chi connectivity index (χ1) is 13.6. The lowest BCUT2D eigenvalue weighted by molar-refractivity contribution is -0.256. The number of rotatable bonds is 11. The van der Waals surface area contributed by atoms with E-state index in [4.69, 9.17) is 19.3 Å². The summed E-state index contributed by atoms with van der Waals surface area (Å²) in [4.78, 5) is 11.6. The number of nitrogens with one attached hydrogen (secondary N) is 1. The number of aliphatic hydroxyl groups is 3. The first kappa shape index (κ1) is 22.6. The minimum atomic E-state index is -1.09. The van der Waals surface area contributed by atoms with E-state index in [1.165, 1.54) is 0 Å². The van der Waals surface area contributed by atoms with Gasteiger partial charge in [-0.05, 0) is 18.4 Å². The molecule has 8 nitrogen and oxygen atoms in total. The Bertz CT molecular complexity index is 557. The Kier molecular flexibility index (Phi) is 10.2. The van der Waals surface area contributed by atoms with Crippen LogP contribution < -0.4 is 5.32 Å². The summed E-state index contributed by atoms with van der Waals surface area (Å²) in [5, 5.41) is 31.2. The topological polar surface area (TPSA) is 117 Å². The number of benzene rings is 1. The minimum Gasteiger partial charge on any atom is -0.445 e. The largest absolute Gasteiger partial charge is 0.445 e. The van der Waals surface area contributed by atoms with Crippen molar-refractivity contribution >= 4 is 6.09 Å². The monoisotopic (exact) mass is 397 g/mol. The summed E-state index contributed by atoms with van der Waals surface area (Å²) in [5.41, 5.74) is 0.951. The number of aliphatic hydroxyl groups excluding tert-OH is 3. The molecule has 28 heavy (non-hydrogen) atoms. The minimum absolute atomic E-state index is 0.187. The van der Waals surface area contributed by atoms with Crippen molar-refractivity contribution in [2.24, 2.45) is 0 Å². The lowest BCUT2D eigenvalue weighted by atomic mass is 10.0. The number of carbonyl (C=O) groups excluding carboxylic acids is 1. The van der Waals surface area contributed by atoms with Crippen LogP contribution in [0.25, 0.3) is 0 Å². The molecule has 0 aromatic heterocycles. The summed E-state index contributed by atoms with van der Waals surface area (Å²) in [6.45, 7) is 0.926. The molecule has 1 aliphatic heterocycles. The molecule has 0 spiro atoms. The van der Waals surface area contributed by atoms with E-state index < -0.39 is 30.7 Å². The summed E-state index contributed by atoms with van der Waals surface area (Å²) >= 11 is 0. The van der Waals surface area contributed by atoms with Crippen molar-refractivity contribution in [1.29, 1.82) is 0 Å². The summed E-state index contributed by atoms with van der Waals surface area (Å²) in [5.74, 6) is 0. The Morgan fingerprint density at radius 1 is 1.14 bits per heavy atom. The van der Waals surface area contributed by atoms with Crippen LogP contribution in [0.15, 0.2) is 30.3 Å². The fourth-order valence-electron chi connectivity index (χ4n) is 2.93. The molecular weight excluding hydrogens is 366 g/mol. The number of amides is 1. The van der Waals surface area contributed by atoms with Crippen molar-refractivity contribution in [3.8, 4) is 0 Å². The first-order valence-electron chi connectivity index (χ1n) is 9.78. The second-order valence-corrected chi connectivity index (χ2v) is 6.85. The maximum absolute atomic E-state index is 11.6. The van der Waals surface area contributed by atoms with Gasteiger partial charge in [0.2, 0.25) is 0 Å². The molecule has 2 rings (SSSR count). The normalized spacial score (nSPS) is 24.7. The van der Waals surface area contributed by atoms with E-state index in [0.29, 0.717) is 13.2 Å². The van der Waals surface area contributed by atoms with E-state index in [9.17, 15) is 15.0 Å². The van der Waals surface area contributed by atoms with Gasteiger partial charge in [-0.15, -0.1) is 0 Å². The SMILES string of the molecule is O=C(NCCCCCCO[C@@H]1C[C@H](O)[C@@H](O)[C@@H](CO)O1)OCc1ccccc1. The molecule has 0 radical (unpaired) electrons. The first-order valence-corrected chi connectivity index (χ1v) is 9.78. The molecule has 0 unspecified atom stereocenters. The van der Waals surface area contributed by atoms with Crippen LogP contribution in [-0.4, -0.2) is 65.8 Å². The number of hydrogen-bond acceptors (Lipinski definition) is 7. The molecule has 4 N–H and O–H groups in total. The van der Waals surface area contributed by atoms with E-state index in [1.807, 2.05) is 30.3 Å². The second-order valence-electron chi connectivity index (χ2n) is 6.85. The average molecular weight is 397 g/mol. The molecule has 4 atom stereocenters. The predicted molar refractivity (Wildman–Crippen MR) is 101 cm³/mol. The molecule has 1 fully saturated rings. The van der Waals surface area contributed by atoms with Crippen molar-refractivity contribution < 1.29 is 34.3 Å². The van der Waals surface area contributed by atoms with Crippen molar-refractivity contribution in [2.45, 2.75) is 63.3 Å². The summed E-state index contributed by atoms with van der Waals surface area (Å²) < 4.78 is 16.1. The van der Waals surface area contributed by atoms with E-state index in [1.54, 1.807) is 0 Å². The van der Waals surface area contributed by atoms with Crippen molar-refractivity contribution in [2.75, 3.05) is 19.8 Å². The third kappa shape index (κ3) is 8.12. The zero-order chi connectivity index (χ0) is 20.2. The Balaban J connectivity index is 1.44. The highest BCUT2D eigenvalue weighted by Crippen LogP contribution is 2.21. The maximum atomic E-state index is 11.6. The van der Waals surface area contributed by atoms with Gasteiger partial charge in [0.05, 0.1) is 12.7 Å². The molecule has 1 saturated heterocycles. The highest BCUT2D eigenvalue weighted by Gasteiger charge is 2.36.